The van der Waals surface area contributed by atoms with Gasteiger partial charge in [0.2, 0.25) is 0 Å². The monoisotopic (exact) mass is 205 g/mol. The average Bonchev–Trinajstić information content (AvgIpc) is 2.39. The van der Waals surface area contributed by atoms with Crippen molar-refractivity contribution >= 4 is 39.7 Å². The summed E-state index contributed by atoms with van der Waals surface area (Å²) in [6.45, 7) is 0. The largest absolute Gasteiger partial charge is 0.280 e. The van der Waals surface area contributed by atoms with Gasteiger partial charge in [-0.25, -0.2) is 0 Å². The Morgan fingerprint density at radius 3 is 2.73 bits per heavy atom. The lowest BCUT2D eigenvalue weighted by Crippen LogP contribution is -1.88. The molecule has 60 valence electrons. The minimum absolute atomic E-state index is 0.815. The highest BCUT2D eigenvalue weighted by atomic mass is 35.5. The number of hydrogen-bond acceptors (Lipinski definition) is 3. The van der Waals surface area contributed by atoms with Crippen LogP contribution in [0.3, 0.4) is 0 Å². The zero-order chi connectivity index (χ0) is 8.27. The summed E-state index contributed by atoms with van der Waals surface area (Å²) in [5, 5.41) is 1.04. The second-order valence-corrected chi connectivity index (χ2v) is 4.35. The van der Waals surface area contributed by atoms with E-state index in [4.69, 9.17) is 11.6 Å². The van der Waals surface area contributed by atoms with Crippen molar-refractivity contribution in [1.82, 2.24) is 0 Å². The Hall–Kier alpha value is 0.01000. The molecular formula is C7H8ClNS2. The fraction of sp³-hybridized carbons (Fsp3) is 0.286. The van der Waals surface area contributed by atoms with Crippen LogP contribution in [-0.4, -0.2) is 18.3 Å². The first-order valence-corrected chi connectivity index (χ1v) is 5.46. The van der Waals surface area contributed by atoms with Crippen LogP contribution in [0.5, 0.6) is 0 Å². The van der Waals surface area contributed by atoms with E-state index in [0.717, 1.165) is 14.3 Å². The van der Waals surface area contributed by atoms with Crippen molar-refractivity contribution in [3.63, 3.8) is 0 Å². The lowest BCUT2D eigenvalue weighted by atomic mass is 10.5. The van der Waals surface area contributed by atoms with Crippen molar-refractivity contribution in [2.45, 2.75) is 0 Å². The molecule has 0 atom stereocenters. The smallest absolute Gasteiger partial charge is 0.107 e. The van der Waals surface area contributed by atoms with E-state index in [1.165, 1.54) is 0 Å². The molecule has 1 aromatic rings. The van der Waals surface area contributed by atoms with Gasteiger partial charge < -0.3 is 0 Å². The molecule has 0 aliphatic rings. The zero-order valence-corrected chi connectivity index (χ0v) is 8.69. The Balaban J connectivity index is 2.91. The van der Waals surface area contributed by atoms with Gasteiger partial charge in [-0.05, 0) is 18.4 Å². The summed E-state index contributed by atoms with van der Waals surface area (Å²) in [5.41, 5.74) is 0. The summed E-state index contributed by atoms with van der Waals surface area (Å²) < 4.78 is 0.815. The van der Waals surface area contributed by atoms with Gasteiger partial charge >= 0.3 is 0 Å². The van der Waals surface area contributed by atoms with Crippen LogP contribution in [0.4, 0.5) is 0 Å². The molecule has 0 saturated heterocycles. The zero-order valence-electron chi connectivity index (χ0n) is 6.30. The summed E-state index contributed by atoms with van der Waals surface area (Å²) >= 11 is 8.97. The van der Waals surface area contributed by atoms with Crippen LogP contribution in [-0.2, 0) is 0 Å². The fourth-order valence-electron chi connectivity index (χ4n) is 0.731. The van der Waals surface area contributed by atoms with Crippen molar-refractivity contribution in [1.29, 1.82) is 0 Å². The Kier molecular flexibility index (Phi) is 3.43. The molecule has 0 N–H and O–H groups in total. The summed E-state index contributed by atoms with van der Waals surface area (Å²) in [6, 6.07) is 3.88. The average molecular weight is 206 g/mol. The lowest BCUT2D eigenvalue weighted by Gasteiger charge is -1.94. The highest BCUT2D eigenvalue weighted by Crippen LogP contribution is 2.24. The molecule has 4 heteroatoms. The van der Waals surface area contributed by atoms with Gasteiger partial charge in [0, 0.05) is 7.05 Å². The highest BCUT2D eigenvalue weighted by molar-refractivity contribution is 8.14. The van der Waals surface area contributed by atoms with Crippen molar-refractivity contribution < 1.29 is 0 Å². The van der Waals surface area contributed by atoms with E-state index >= 15 is 0 Å². The molecular weight excluding hydrogens is 198 g/mol. The molecule has 0 radical (unpaired) electrons. The molecule has 1 aromatic heterocycles. The predicted molar refractivity (Wildman–Crippen MR) is 55.3 cm³/mol. The third-order valence-corrected chi connectivity index (χ3v) is 3.34. The van der Waals surface area contributed by atoms with E-state index in [2.05, 4.69) is 4.99 Å². The molecule has 0 aliphatic heterocycles. The first kappa shape index (κ1) is 9.10. The van der Waals surface area contributed by atoms with Crippen LogP contribution in [0.25, 0.3) is 0 Å². The van der Waals surface area contributed by atoms with Gasteiger partial charge in [0.1, 0.15) is 5.04 Å². The first-order chi connectivity index (χ1) is 5.27. The van der Waals surface area contributed by atoms with Crippen LogP contribution in [0.15, 0.2) is 17.1 Å². The van der Waals surface area contributed by atoms with Gasteiger partial charge in [0.25, 0.3) is 0 Å². The summed E-state index contributed by atoms with van der Waals surface area (Å²) in [4.78, 5) is 5.27. The number of rotatable bonds is 1. The van der Waals surface area contributed by atoms with Crippen molar-refractivity contribution in [2.24, 2.45) is 4.99 Å². The third kappa shape index (κ3) is 2.22. The molecule has 0 fully saturated rings. The summed E-state index contributed by atoms with van der Waals surface area (Å²) in [5.74, 6) is 0. The van der Waals surface area contributed by atoms with E-state index in [0.29, 0.717) is 0 Å². The van der Waals surface area contributed by atoms with Crippen LogP contribution in [0.1, 0.15) is 4.88 Å². The minimum atomic E-state index is 0.815. The maximum atomic E-state index is 5.77. The standard InChI is InChI=1S/C7H8ClNS2/c1-9-7(10-2)5-3-4-6(8)11-5/h3-4H,1-2H3. The topological polar surface area (TPSA) is 12.4 Å². The third-order valence-electron chi connectivity index (χ3n) is 1.18. The van der Waals surface area contributed by atoms with Gasteiger partial charge in [-0.1, -0.05) is 11.6 Å². The highest BCUT2D eigenvalue weighted by Gasteiger charge is 2.03. The molecule has 1 heterocycles. The van der Waals surface area contributed by atoms with Gasteiger partial charge in [-0.2, -0.15) is 0 Å². The molecule has 1 rings (SSSR count). The summed E-state index contributed by atoms with van der Waals surface area (Å²) in [6.07, 6.45) is 2.01. The second kappa shape index (κ2) is 4.14. The SMILES string of the molecule is CN=C(SC)c1ccc(Cl)s1. The van der Waals surface area contributed by atoms with Gasteiger partial charge in [-0.15, -0.1) is 23.1 Å². The van der Waals surface area contributed by atoms with Crippen LogP contribution in [0.2, 0.25) is 4.34 Å². The Morgan fingerprint density at radius 2 is 2.36 bits per heavy atom. The number of nitrogens with zero attached hydrogens (tertiary/aromatic N) is 1. The number of thioether (sulfide) groups is 1. The van der Waals surface area contributed by atoms with Gasteiger partial charge in [0.05, 0.1) is 9.21 Å². The van der Waals surface area contributed by atoms with Crippen LogP contribution in [0, 0.1) is 0 Å². The van der Waals surface area contributed by atoms with Crippen LogP contribution < -0.4 is 0 Å². The van der Waals surface area contributed by atoms with E-state index in [9.17, 15) is 0 Å². The molecule has 0 saturated carbocycles. The quantitative estimate of drug-likeness (QED) is 0.507. The number of halogens is 1. The van der Waals surface area contributed by atoms with E-state index < -0.39 is 0 Å². The van der Waals surface area contributed by atoms with E-state index in [1.807, 2.05) is 18.4 Å². The molecule has 0 unspecified atom stereocenters. The lowest BCUT2D eigenvalue weighted by molar-refractivity contribution is 1.47. The Bertz CT molecular complexity index is 267. The predicted octanol–water partition coefficient (Wildman–Crippen LogP) is 3.14. The van der Waals surface area contributed by atoms with Crippen molar-refractivity contribution in [2.75, 3.05) is 13.3 Å². The van der Waals surface area contributed by atoms with Crippen molar-refractivity contribution in [3.8, 4) is 0 Å². The summed E-state index contributed by atoms with van der Waals surface area (Å²) in [7, 11) is 1.79. The second-order valence-electron chi connectivity index (χ2n) is 1.84. The van der Waals surface area contributed by atoms with E-state index in [1.54, 1.807) is 30.1 Å². The molecule has 0 spiro atoms. The van der Waals surface area contributed by atoms with Gasteiger partial charge in [0.15, 0.2) is 0 Å². The van der Waals surface area contributed by atoms with Crippen LogP contribution >= 0.6 is 34.7 Å². The maximum Gasteiger partial charge on any atom is 0.107 e. The molecule has 0 aromatic carbocycles. The Labute approximate surface area is 79.5 Å². The molecule has 0 aliphatic carbocycles. The number of thiophene rings is 1. The molecule has 0 bridgehead atoms. The molecule has 1 nitrogen and oxygen atoms in total. The first-order valence-electron chi connectivity index (χ1n) is 3.04. The van der Waals surface area contributed by atoms with Crippen molar-refractivity contribution in [3.05, 3.63) is 21.3 Å². The number of aliphatic imine (C=N–C) groups is 1. The normalized spacial score (nSPS) is 12.1. The molecule has 0 amide bonds. The minimum Gasteiger partial charge on any atom is -0.280 e. The Morgan fingerprint density at radius 1 is 1.64 bits per heavy atom. The molecule has 11 heavy (non-hydrogen) atoms. The number of hydrogen-bond donors (Lipinski definition) is 0. The fourth-order valence-corrected chi connectivity index (χ4v) is 2.53. The van der Waals surface area contributed by atoms with E-state index in [-0.39, 0.29) is 0 Å². The maximum absolute atomic E-state index is 5.77. The van der Waals surface area contributed by atoms with Gasteiger partial charge in [-0.3, -0.25) is 4.99 Å².